The Labute approximate surface area is 158 Å². The summed E-state index contributed by atoms with van der Waals surface area (Å²) in [5.74, 6) is 1.10. The Morgan fingerprint density at radius 2 is 1.85 bits per heavy atom. The van der Waals surface area contributed by atoms with Crippen LogP contribution in [0, 0.1) is 6.92 Å². The number of ether oxygens (including phenoxy) is 2. The number of nitrogens with one attached hydrogen (secondary N) is 2. The molecule has 0 aliphatic carbocycles. The molecule has 1 heterocycles. The normalized spacial score (nSPS) is 16.2. The summed E-state index contributed by atoms with van der Waals surface area (Å²) < 4.78 is 10.5. The number of amides is 3. The Balaban J connectivity index is 1.65. The van der Waals surface area contributed by atoms with E-state index >= 15 is 0 Å². The van der Waals surface area contributed by atoms with Gasteiger partial charge in [-0.3, -0.25) is 4.79 Å². The number of methoxy groups -OCH3 is 2. The Morgan fingerprint density at radius 1 is 1.11 bits per heavy atom. The minimum absolute atomic E-state index is 0.0524. The molecule has 0 spiro atoms. The summed E-state index contributed by atoms with van der Waals surface area (Å²) in [4.78, 5) is 26.3. The number of nitrogens with zero attached hydrogens (tertiary/aromatic N) is 1. The van der Waals surface area contributed by atoms with E-state index in [-0.39, 0.29) is 24.4 Å². The van der Waals surface area contributed by atoms with E-state index in [0.29, 0.717) is 23.7 Å². The Kier molecular flexibility index (Phi) is 5.49. The van der Waals surface area contributed by atoms with Crippen molar-refractivity contribution < 1.29 is 19.1 Å². The predicted octanol–water partition coefficient (Wildman–Crippen LogP) is 2.94. The van der Waals surface area contributed by atoms with Crippen LogP contribution in [0.5, 0.6) is 11.5 Å². The zero-order chi connectivity index (χ0) is 19.4. The van der Waals surface area contributed by atoms with Crippen molar-refractivity contribution in [2.24, 2.45) is 0 Å². The molecule has 27 heavy (non-hydrogen) atoms. The van der Waals surface area contributed by atoms with E-state index in [9.17, 15) is 9.59 Å². The van der Waals surface area contributed by atoms with Crippen LogP contribution in [0.25, 0.3) is 0 Å². The molecule has 0 radical (unpaired) electrons. The second kappa shape index (κ2) is 7.99. The fourth-order valence-corrected chi connectivity index (χ4v) is 3.10. The van der Waals surface area contributed by atoms with E-state index in [0.717, 1.165) is 11.3 Å². The van der Waals surface area contributed by atoms with Gasteiger partial charge in [-0.05, 0) is 30.7 Å². The van der Waals surface area contributed by atoms with Crippen molar-refractivity contribution in [3.63, 3.8) is 0 Å². The molecule has 2 aromatic carbocycles. The number of rotatable bonds is 5. The lowest BCUT2D eigenvalue weighted by Gasteiger charge is -2.19. The second-order valence-electron chi connectivity index (χ2n) is 6.36. The van der Waals surface area contributed by atoms with E-state index in [1.54, 1.807) is 37.3 Å². The second-order valence-corrected chi connectivity index (χ2v) is 6.36. The predicted molar refractivity (Wildman–Crippen MR) is 104 cm³/mol. The molecule has 1 aliphatic rings. The minimum Gasteiger partial charge on any atom is -0.493 e. The summed E-state index contributed by atoms with van der Waals surface area (Å²) in [6, 6.07) is 12.3. The third-order valence-corrected chi connectivity index (χ3v) is 4.53. The van der Waals surface area contributed by atoms with Crippen molar-refractivity contribution >= 4 is 23.3 Å². The lowest BCUT2D eigenvalue weighted by Crippen LogP contribution is -2.39. The van der Waals surface area contributed by atoms with Crippen LogP contribution >= 0.6 is 0 Å². The number of para-hydroxylation sites is 1. The van der Waals surface area contributed by atoms with Crippen molar-refractivity contribution in [2.45, 2.75) is 19.4 Å². The maximum atomic E-state index is 12.4. The van der Waals surface area contributed by atoms with Crippen LogP contribution in [0.2, 0.25) is 0 Å². The highest BCUT2D eigenvalue weighted by molar-refractivity contribution is 5.98. The molecule has 0 bridgehead atoms. The Morgan fingerprint density at radius 3 is 2.56 bits per heavy atom. The summed E-state index contributed by atoms with van der Waals surface area (Å²) >= 11 is 0. The maximum absolute atomic E-state index is 12.4. The van der Waals surface area contributed by atoms with Gasteiger partial charge in [0.25, 0.3) is 0 Å². The molecule has 2 aromatic rings. The zero-order valence-electron chi connectivity index (χ0n) is 15.6. The molecule has 0 unspecified atom stereocenters. The number of aryl methyl sites for hydroxylation is 1. The molecule has 0 saturated carbocycles. The van der Waals surface area contributed by atoms with Gasteiger partial charge in [-0.2, -0.15) is 0 Å². The molecule has 2 N–H and O–H groups in total. The quantitative estimate of drug-likeness (QED) is 0.849. The summed E-state index contributed by atoms with van der Waals surface area (Å²) in [6.07, 6.45) is 0.246. The standard InChI is InChI=1S/C20H23N3O4/c1-13-6-4-5-7-16(13)22-20(25)21-14-10-19(24)23(12-14)15-8-9-17(26-2)18(11-15)27-3/h4-9,11,14H,10,12H2,1-3H3,(H2,21,22,25)/t14-/m1/s1. The SMILES string of the molecule is COc1ccc(N2C[C@H](NC(=O)Nc3ccccc3C)CC2=O)cc1OC. The summed E-state index contributed by atoms with van der Waals surface area (Å²) in [7, 11) is 3.11. The summed E-state index contributed by atoms with van der Waals surface area (Å²) in [6.45, 7) is 2.32. The summed E-state index contributed by atoms with van der Waals surface area (Å²) in [5, 5.41) is 5.69. The van der Waals surface area contributed by atoms with Crippen molar-refractivity contribution in [3.05, 3.63) is 48.0 Å². The number of anilines is 2. The lowest BCUT2D eigenvalue weighted by molar-refractivity contribution is -0.117. The fraction of sp³-hybridized carbons (Fsp3) is 0.300. The average molecular weight is 369 g/mol. The molecule has 1 saturated heterocycles. The zero-order valence-corrected chi connectivity index (χ0v) is 15.6. The molecule has 1 atom stereocenters. The van der Waals surface area contributed by atoms with Crippen LogP contribution in [0.15, 0.2) is 42.5 Å². The van der Waals surface area contributed by atoms with E-state index in [4.69, 9.17) is 9.47 Å². The molecule has 1 aliphatic heterocycles. The minimum atomic E-state index is -0.323. The van der Waals surface area contributed by atoms with Crippen LogP contribution < -0.4 is 25.0 Å². The summed E-state index contributed by atoms with van der Waals surface area (Å²) in [5.41, 5.74) is 2.43. The first kappa shape index (κ1) is 18.6. The number of benzene rings is 2. The van der Waals surface area contributed by atoms with Crippen molar-refractivity contribution in [1.29, 1.82) is 0 Å². The monoisotopic (exact) mass is 369 g/mol. The first-order valence-corrected chi connectivity index (χ1v) is 8.67. The van der Waals surface area contributed by atoms with E-state index in [1.807, 2.05) is 31.2 Å². The fourth-order valence-electron chi connectivity index (χ4n) is 3.10. The van der Waals surface area contributed by atoms with Crippen LogP contribution in [-0.4, -0.2) is 38.7 Å². The van der Waals surface area contributed by atoms with Gasteiger partial charge in [0.1, 0.15) is 0 Å². The number of urea groups is 1. The van der Waals surface area contributed by atoms with Gasteiger partial charge in [0.15, 0.2) is 11.5 Å². The van der Waals surface area contributed by atoms with Crippen LogP contribution in [-0.2, 0) is 4.79 Å². The first-order valence-electron chi connectivity index (χ1n) is 8.67. The molecule has 7 heteroatoms. The van der Waals surface area contributed by atoms with Crippen molar-refractivity contribution in [1.82, 2.24) is 5.32 Å². The van der Waals surface area contributed by atoms with Gasteiger partial charge in [0.05, 0.1) is 20.3 Å². The topological polar surface area (TPSA) is 79.9 Å². The molecule has 142 valence electrons. The lowest BCUT2D eigenvalue weighted by atomic mass is 10.2. The molecule has 7 nitrogen and oxygen atoms in total. The average Bonchev–Trinajstić information content (AvgIpc) is 3.03. The van der Waals surface area contributed by atoms with Crippen LogP contribution in [0.3, 0.4) is 0 Å². The van der Waals surface area contributed by atoms with Crippen LogP contribution in [0.4, 0.5) is 16.2 Å². The highest BCUT2D eigenvalue weighted by atomic mass is 16.5. The Bertz CT molecular complexity index is 853. The highest BCUT2D eigenvalue weighted by Crippen LogP contribution is 2.33. The van der Waals surface area contributed by atoms with Crippen molar-refractivity contribution in [3.8, 4) is 11.5 Å². The smallest absolute Gasteiger partial charge is 0.319 e. The Hall–Kier alpha value is -3.22. The largest absolute Gasteiger partial charge is 0.493 e. The van der Waals surface area contributed by atoms with Crippen molar-refractivity contribution in [2.75, 3.05) is 31.0 Å². The molecule has 1 fully saturated rings. The first-order chi connectivity index (χ1) is 13.0. The van der Waals surface area contributed by atoms with E-state index in [1.165, 1.54) is 0 Å². The van der Waals surface area contributed by atoms with Crippen LogP contribution in [0.1, 0.15) is 12.0 Å². The number of hydrogen-bond acceptors (Lipinski definition) is 4. The van der Waals surface area contributed by atoms with Gasteiger partial charge in [0.2, 0.25) is 5.91 Å². The highest BCUT2D eigenvalue weighted by Gasteiger charge is 2.32. The maximum Gasteiger partial charge on any atom is 0.319 e. The van der Waals surface area contributed by atoms with Gasteiger partial charge in [-0.25, -0.2) is 4.79 Å². The number of hydrogen-bond donors (Lipinski definition) is 2. The number of carbonyl (C=O) groups excluding carboxylic acids is 2. The molecular weight excluding hydrogens is 346 g/mol. The molecule has 3 amide bonds. The molecule has 3 rings (SSSR count). The van der Waals surface area contributed by atoms with Gasteiger partial charge >= 0.3 is 6.03 Å². The third kappa shape index (κ3) is 4.13. The molecular formula is C20H23N3O4. The number of carbonyl (C=O) groups is 2. The van der Waals surface area contributed by atoms with E-state index in [2.05, 4.69) is 10.6 Å². The van der Waals surface area contributed by atoms with Gasteiger partial charge in [-0.15, -0.1) is 0 Å². The van der Waals surface area contributed by atoms with E-state index < -0.39 is 0 Å². The van der Waals surface area contributed by atoms with Gasteiger partial charge < -0.3 is 25.0 Å². The van der Waals surface area contributed by atoms with Gasteiger partial charge in [0, 0.05) is 30.4 Å². The van der Waals surface area contributed by atoms with Gasteiger partial charge in [-0.1, -0.05) is 18.2 Å². The third-order valence-electron chi connectivity index (χ3n) is 4.53. The molecule has 0 aromatic heterocycles.